The van der Waals surface area contributed by atoms with E-state index in [2.05, 4.69) is 18.7 Å². The molecule has 0 aliphatic carbocycles. The van der Waals surface area contributed by atoms with Crippen molar-refractivity contribution in [1.82, 2.24) is 4.90 Å². The lowest BCUT2D eigenvalue weighted by Gasteiger charge is -2.37. The van der Waals surface area contributed by atoms with Crippen LogP contribution in [0.1, 0.15) is 20.3 Å². The van der Waals surface area contributed by atoms with Gasteiger partial charge in [0.1, 0.15) is 0 Å². The number of thioether (sulfide) groups is 1. The standard InChI is InChI=1S/C9H20N2O2S2/c1-9(2)8-11(5-6-14-9)4-3-7-15(10,12)13/h3-8H2,1-2H3,(H2,10,12,13). The topological polar surface area (TPSA) is 63.4 Å². The van der Waals surface area contributed by atoms with Crippen molar-refractivity contribution in [3.05, 3.63) is 0 Å². The van der Waals surface area contributed by atoms with E-state index in [1.807, 2.05) is 11.8 Å². The van der Waals surface area contributed by atoms with Crippen LogP contribution in [0.3, 0.4) is 0 Å². The van der Waals surface area contributed by atoms with Crippen LogP contribution in [0.2, 0.25) is 0 Å². The minimum absolute atomic E-state index is 0.0943. The van der Waals surface area contributed by atoms with Crippen molar-refractivity contribution in [2.24, 2.45) is 5.14 Å². The van der Waals surface area contributed by atoms with E-state index in [4.69, 9.17) is 5.14 Å². The SMILES string of the molecule is CC1(C)CN(CCCS(N)(=O)=O)CCS1. The van der Waals surface area contributed by atoms with Crippen molar-refractivity contribution in [2.75, 3.05) is 31.1 Å². The van der Waals surface area contributed by atoms with Gasteiger partial charge < -0.3 is 4.90 Å². The van der Waals surface area contributed by atoms with Gasteiger partial charge >= 0.3 is 0 Å². The van der Waals surface area contributed by atoms with E-state index in [0.29, 0.717) is 11.2 Å². The van der Waals surface area contributed by atoms with E-state index in [9.17, 15) is 8.42 Å². The Morgan fingerprint density at radius 1 is 1.47 bits per heavy atom. The molecule has 6 heteroatoms. The zero-order valence-corrected chi connectivity index (χ0v) is 11.0. The molecule has 2 N–H and O–H groups in total. The Morgan fingerprint density at radius 2 is 2.13 bits per heavy atom. The van der Waals surface area contributed by atoms with Crippen LogP contribution in [-0.2, 0) is 10.0 Å². The van der Waals surface area contributed by atoms with Crippen LogP contribution in [0.25, 0.3) is 0 Å². The molecule has 1 aliphatic heterocycles. The summed E-state index contributed by atoms with van der Waals surface area (Å²) in [7, 11) is -3.29. The Bertz CT molecular complexity index is 301. The van der Waals surface area contributed by atoms with Crippen LogP contribution >= 0.6 is 11.8 Å². The molecule has 0 spiro atoms. The molecule has 0 amide bonds. The van der Waals surface area contributed by atoms with Crippen molar-refractivity contribution in [3.8, 4) is 0 Å². The van der Waals surface area contributed by atoms with Gasteiger partial charge in [0.2, 0.25) is 10.0 Å². The fraction of sp³-hybridized carbons (Fsp3) is 1.00. The number of nitrogens with two attached hydrogens (primary N) is 1. The van der Waals surface area contributed by atoms with E-state index in [0.717, 1.165) is 25.4 Å². The van der Waals surface area contributed by atoms with Crippen LogP contribution in [-0.4, -0.2) is 49.2 Å². The fourth-order valence-electron chi connectivity index (χ4n) is 1.79. The van der Waals surface area contributed by atoms with E-state index in [1.54, 1.807) is 0 Å². The number of hydrogen-bond donors (Lipinski definition) is 1. The largest absolute Gasteiger partial charge is 0.301 e. The Labute approximate surface area is 96.6 Å². The van der Waals surface area contributed by atoms with Crippen molar-refractivity contribution in [1.29, 1.82) is 0 Å². The van der Waals surface area contributed by atoms with E-state index in [1.165, 1.54) is 0 Å². The quantitative estimate of drug-likeness (QED) is 0.791. The molecule has 0 aromatic rings. The van der Waals surface area contributed by atoms with Crippen LogP contribution in [0, 0.1) is 0 Å². The van der Waals surface area contributed by atoms with Crippen LogP contribution in [0.15, 0.2) is 0 Å². The predicted molar refractivity (Wildman–Crippen MR) is 65.6 cm³/mol. The number of rotatable bonds is 4. The Hall–Kier alpha value is 0.220. The van der Waals surface area contributed by atoms with Gasteiger partial charge in [0.05, 0.1) is 5.75 Å². The first-order valence-electron chi connectivity index (χ1n) is 5.15. The van der Waals surface area contributed by atoms with Crippen LogP contribution in [0.4, 0.5) is 0 Å². The first-order chi connectivity index (χ1) is 6.79. The summed E-state index contributed by atoms with van der Waals surface area (Å²) in [4.78, 5) is 2.32. The molecule has 0 saturated carbocycles. The van der Waals surface area contributed by atoms with Gasteiger partial charge in [-0.15, -0.1) is 0 Å². The molecule has 1 aliphatic rings. The lowest BCUT2D eigenvalue weighted by Crippen LogP contribution is -2.43. The molecule has 0 unspecified atom stereocenters. The minimum Gasteiger partial charge on any atom is -0.301 e. The molecular formula is C9H20N2O2S2. The molecule has 4 nitrogen and oxygen atoms in total. The summed E-state index contributed by atoms with van der Waals surface area (Å²) >= 11 is 1.98. The highest BCUT2D eigenvalue weighted by Crippen LogP contribution is 2.29. The van der Waals surface area contributed by atoms with E-state index in [-0.39, 0.29) is 5.75 Å². The summed E-state index contributed by atoms with van der Waals surface area (Å²) < 4.78 is 21.8. The molecule has 90 valence electrons. The molecule has 0 radical (unpaired) electrons. The first-order valence-corrected chi connectivity index (χ1v) is 7.85. The Kier molecular flexibility index (Phi) is 4.46. The third kappa shape index (κ3) is 5.75. The first kappa shape index (κ1) is 13.3. The Morgan fingerprint density at radius 3 is 2.67 bits per heavy atom. The number of primary sulfonamides is 1. The van der Waals surface area contributed by atoms with Gasteiger partial charge in [-0.3, -0.25) is 0 Å². The predicted octanol–water partition coefficient (Wildman–Crippen LogP) is 0.492. The highest BCUT2D eigenvalue weighted by atomic mass is 32.2. The van der Waals surface area contributed by atoms with Gasteiger partial charge in [-0.25, -0.2) is 13.6 Å². The maximum Gasteiger partial charge on any atom is 0.209 e. The minimum atomic E-state index is -3.29. The average molecular weight is 252 g/mol. The molecule has 1 saturated heterocycles. The number of nitrogens with zero attached hydrogens (tertiary/aromatic N) is 1. The molecule has 0 aromatic heterocycles. The van der Waals surface area contributed by atoms with Crippen molar-refractivity contribution >= 4 is 21.8 Å². The van der Waals surface area contributed by atoms with Crippen molar-refractivity contribution < 1.29 is 8.42 Å². The maximum absolute atomic E-state index is 10.8. The summed E-state index contributed by atoms with van der Waals surface area (Å²) in [6.07, 6.45) is 0.638. The lowest BCUT2D eigenvalue weighted by molar-refractivity contribution is 0.261. The third-order valence-corrected chi connectivity index (χ3v) is 4.56. The molecule has 1 heterocycles. The molecule has 15 heavy (non-hydrogen) atoms. The van der Waals surface area contributed by atoms with Gasteiger partial charge in [-0.2, -0.15) is 11.8 Å². The van der Waals surface area contributed by atoms with Crippen LogP contribution < -0.4 is 5.14 Å². The normalized spacial score (nSPS) is 22.9. The molecule has 1 rings (SSSR count). The monoisotopic (exact) mass is 252 g/mol. The zero-order chi connectivity index (χ0) is 11.5. The lowest BCUT2D eigenvalue weighted by atomic mass is 10.2. The maximum atomic E-state index is 10.8. The van der Waals surface area contributed by atoms with Crippen LogP contribution in [0.5, 0.6) is 0 Å². The third-order valence-electron chi connectivity index (χ3n) is 2.41. The van der Waals surface area contributed by atoms with Gasteiger partial charge in [0.15, 0.2) is 0 Å². The summed E-state index contributed by atoms with van der Waals surface area (Å²) in [5.41, 5.74) is 0. The smallest absolute Gasteiger partial charge is 0.209 e. The van der Waals surface area contributed by atoms with Gasteiger partial charge in [-0.1, -0.05) is 0 Å². The van der Waals surface area contributed by atoms with Crippen molar-refractivity contribution in [2.45, 2.75) is 25.0 Å². The molecule has 0 aromatic carbocycles. The van der Waals surface area contributed by atoms with Crippen molar-refractivity contribution in [3.63, 3.8) is 0 Å². The summed E-state index contributed by atoms with van der Waals surface area (Å²) in [6.45, 7) is 7.37. The molecule has 0 bridgehead atoms. The van der Waals surface area contributed by atoms with Gasteiger partial charge in [0, 0.05) is 23.6 Å². The number of sulfonamides is 1. The second-order valence-electron chi connectivity index (χ2n) is 4.60. The second-order valence-corrected chi connectivity index (χ2v) is 8.14. The highest BCUT2D eigenvalue weighted by Gasteiger charge is 2.26. The second kappa shape index (κ2) is 5.03. The Balaban J connectivity index is 2.28. The molecular weight excluding hydrogens is 232 g/mol. The average Bonchev–Trinajstić information content (AvgIpc) is 1.99. The van der Waals surface area contributed by atoms with Gasteiger partial charge in [0.25, 0.3) is 0 Å². The highest BCUT2D eigenvalue weighted by molar-refractivity contribution is 8.00. The summed E-state index contributed by atoms with van der Waals surface area (Å²) in [5, 5.41) is 4.95. The summed E-state index contributed by atoms with van der Waals surface area (Å²) in [5.74, 6) is 1.22. The summed E-state index contributed by atoms with van der Waals surface area (Å²) in [6, 6.07) is 0. The fourth-order valence-corrected chi connectivity index (χ4v) is 3.50. The van der Waals surface area contributed by atoms with E-state index < -0.39 is 10.0 Å². The molecule has 0 atom stereocenters. The zero-order valence-electron chi connectivity index (χ0n) is 9.40. The molecule has 1 fully saturated rings. The number of hydrogen-bond acceptors (Lipinski definition) is 4. The van der Waals surface area contributed by atoms with E-state index >= 15 is 0 Å². The van der Waals surface area contributed by atoms with Gasteiger partial charge in [-0.05, 0) is 26.8 Å².